The van der Waals surface area contributed by atoms with Gasteiger partial charge in [0.15, 0.2) is 0 Å². The van der Waals surface area contributed by atoms with Crippen molar-refractivity contribution in [2.45, 2.75) is 29.9 Å². The SMILES string of the molecule is CC(=O)Nc1ccc(SC(C)C(=O)N2CC(C(=O)O)c3ccccc32)cc1. The summed E-state index contributed by atoms with van der Waals surface area (Å²) >= 11 is 1.40. The standard InChI is InChI=1S/C20H20N2O4S/c1-12(27-15-9-7-14(8-10-15)21-13(2)23)19(24)22-11-17(20(25)26)16-5-3-4-6-18(16)22/h3-10,12,17H,11H2,1-2H3,(H,21,23)(H,25,26). The van der Waals surface area contributed by atoms with Gasteiger partial charge >= 0.3 is 5.97 Å². The molecule has 0 fully saturated rings. The zero-order valence-electron chi connectivity index (χ0n) is 15.0. The Kier molecular flexibility index (Phi) is 5.51. The number of benzene rings is 2. The lowest BCUT2D eigenvalue weighted by molar-refractivity contribution is -0.138. The van der Waals surface area contributed by atoms with Crippen LogP contribution in [-0.2, 0) is 14.4 Å². The molecule has 0 spiro atoms. The third-order valence-corrected chi connectivity index (χ3v) is 5.47. The lowest BCUT2D eigenvalue weighted by atomic mass is 10.0. The lowest BCUT2D eigenvalue weighted by Crippen LogP contribution is -2.36. The quantitative estimate of drug-likeness (QED) is 0.772. The molecule has 3 rings (SSSR count). The first-order chi connectivity index (χ1) is 12.9. The predicted octanol–water partition coefficient (Wildman–Crippen LogP) is 3.34. The molecule has 140 valence electrons. The van der Waals surface area contributed by atoms with Crippen LogP contribution < -0.4 is 10.2 Å². The molecular formula is C20H20N2O4S. The van der Waals surface area contributed by atoms with E-state index in [1.807, 2.05) is 25.1 Å². The number of para-hydroxylation sites is 1. The first-order valence-corrected chi connectivity index (χ1v) is 9.42. The lowest BCUT2D eigenvalue weighted by Gasteiger charge is -2.21. The average Bonchev–Trinajstić information content (AvgIpc) is 3.02. The molecule has 0 saturated heterocycles. The van der Waals surface area contributed by atoms with E-state index in [4.69, 9.17) is 0 Å². The monoisotopic (exact) mass is 384 g/mol. The van der Waals surface area contributed by atoms with Crippen LogP contribution in [0.15, 0.2) is 53.4 Å². The van der Waals surface area contributed by atoms with Crippen molar-refractivity contribution in [1.29, 1.82) is 0 Å². The van der Waals surface area contributed by atoms with Crippen LogP contribution in [0.4, 0.5) is 11.4 Å². The highest BCUT2D eigenvalue weighted by molar-refractivity contribution is 8.00. The van der Waals surface area contributed by atoms with Crippen molar-refractivity contribution in [1.82, 2.24) is 0 Å². The Balaban J connectivity index is 1.72. The summed E-state index contributed by atoms with van der Waals surface area (Å²) in [4.78, 5) is 38.0. The van der Waals surface area contributed by atoms with E-state index < -0.39 is 11.9 Å². The Bertz CT molecular complexity index is 882. The fraction of sp³-hybridized carbons (Fsp3) is 0.250. The van der Waals surface area contributed by atoms with E-state index in [0.717, 1.165) is 4.90 Å². The number of carboxylic acid groups (broad SMARTS) is 1. The van der Waals surface area contributed by atoms with Crippen LogP contribution in [0.2, 0.25) is 0 Å². The second-order valence-electron chi connectivity index (χ2n) is 6.36. The maximum absolute atomic E-state index is 12.9. The molecule has 2 unspecified atom stereocenters. The summed E-state index contributed by atoms with van der Waals surface area (Å²) in [7, 11) is 0. The van der Waals surface area contributed by atoms with Gasteiger partial charge < -0.3 is 15.3 Å². The van der Waals surface area contributed by atoms with E-state index in [1.165, 1.54) is 18.7 Å². The number of hydrogen-bond donors (Lipinski definition) is 2. The Labute approximate surface area is 161 Å². The second kappa shape index (κ2) is 7.84. The summed E-state index contributed by atoms with van der Waals surface area (Å²) < 4.78 is 0. The zero-order valence-corrected chi connectivity index (χ0v) is 15.8. The maximum atomic E-state index is 12.9. The number of fused-ring (bicyclic) bond motifs is 1. The Morgan fingerprint density at radius 3 is 2.44 bits per heavy atom. The number of carbonyl (C=O) groups excluding carboxylic acids is 2. The number of thioether (sulfide) groups is 1. The van der Waals surface area contributed by atoms with Gasteiger partial charge in [-0.3, -0.25) is 14.4 Å². The van der Waals surface area contributed by atoms with Gasteiger partial charge in [-0.05, 0) is 42.8 Å². The molecule has 7 heteroatoms. The Hall–Kier alpha value is -2.80. The van der Waals surface area contributed by atoms with Gasteiger partial charge in [-0.1, -0.05) is 18.2 Å². The van der Waals surface area contributed by atoms with Crippen molar-refractivity contribution in [2.24, 2.45) is 0 Å². The Morgan fingerprint density at radius 2 is 1.81 bits per heavy atom. The molecule has 2 N–H and O–H groups in total. The number of rotatable bonds is 5. The van der Waals surface area contributed by atoms with Crippen molar-refractivity contribution < 1.29 is 19.5 Å². The van der Waals surface area contributed by atoms with Crippen molar-refractivity contribution in [3.8, 4) is 0 Å². The molecule has 1 heterocycles. The summed E-state index contributed by atoms with van der Waals surface area (Å²) in [6.45, 7) is 3.41. The molecule has 2 aromatic rings. The molecule has 2 aromatic carbocycles. The molecule has 0 radical (unpaired) electrons. The van der Waals surface area contributed by atoms with E-state index >= 15 is 0 Å². The van der Waals surface area contributed by atoms with Gasteiger partial charge in [0.1, 0.15) is 5.92 Å². The highest BCUT2D eigenvalue weighted by atomic mass is 32.2. The summed E-state index contributed by atoms with van der Waals surface area (Å²) in [6, 6.07) is 14.4. The van der Waals surface area contributed by atoms with Crippen LogP contribution in [0.5, 0.6) is 0 Å². The molecule has 1 aliphatic rings. The number of amides is 2. The highest BCUT2D eigenvalue weighted by Crippen LogP contribution is 2.38. The van der Waals surface area contributed by atoms with Crippen LogP contribution in [0.25, 0.3) is 0 Å². The summed E-state index contributed by atoms with van der Waals surface area (Å²) in [5.41, 5.74) is 2.04. The van der Waals surface area contributed by atoms with E-state index in [9.17, 15) is 19.5 Å². The van der Waals surface area contributed by atoms with Gasteiger partial charge in [-0.15, -0.1) is 11.8 Å². The second-order valence-corrected chi connectivity index (χ2v) is 7.78. The predicted molar refractivity (Wildman–Crippen MR) is 105 cm³/mol. The fourth-order valence-corrected chi connectivity index (χ4v) is 4.05. The largest absolute Gasteiger partial charge is 0.481 e. The molecule has 27 heavy (non-hydrogen) atoms. The molecule has 0 saturated carbocycles. The molecule has 0 aliphatic carbocycles. The smallest absolute Gasteiger partial charge is 0.312 e. The molecular weight excluding hydrogens is 364 g/mol. The number of nitrogens with one attached hydrogen (secondary N) is 1. The molecule has 2 amide bonds. The van der Waals surface area contributed by atoms with Crippen LogP contribution >= 0.6 is 11.8 Å². The zero-order chi connectivity index (χ0) is 19.6. The summed E-state index contributed by atoms with van der Waals surface area (Å²) in [6.07, 6.45) is 0. The molecule has 1 aliphatic heterocycles. The third kappa shape index (κ3) is 4.14. The number of nitrogens with zero attached hydrogens (tertiary/aromatic N) is 1. The van der Waals surface area contributed by atoms with Crippen molar-refractivity contribution in [2.75, 3.05) is 16.8 Å². The minimum atomic E-state index is -0.924. The molecule has 2 atom stereocenters. The van der Waals surface area contributed by atoms with Gasteiger partial charge in [0.2, 0.25) is 11.8 Å². The first kappa shape index (κ1) is 19.0. The fourth-order valence-electron chi connectivity index (χ4n) is 3.12. The van der Waals surface area contributed by atoms with Gasteiger partial charge in [0.25, 0.3) is 0 Å². The maximum Gasteiger partial charge on any atom is 0.312 e. The topological polar surface area (TPSA) is 86.7 Å². The highest BCUT2D eigenvalue weighted by Gasteiger charge is 2.37. The molecule has 0 bridgehead atoms. The number of carboxylic acids is 1. The summed E-state index contributed by atoms with van der Waals surface area (Å²) in [5, 5.41) is 11.8. The van der Waals surface area contributed by atoms with Crippen LogP contribution in [0.3, 0.4) is 0 Å². The molecule has 6 nitrogen and oxygen atoms in total. The van der Waals surface area contributed by atoms with E-state index in [-0.39, 0.29) is 23.6 Å². The van der Waals surface area contributed by atoms with Crippen molar-refractivity contribution >= 4 is 40.9 Å². The van der Waals surface area contributed by atoms with Crippen molar-refractivity contribution in [3.05, 3.63) is 54.1 Å². The third-order valence-electron chi connectivity index (χ3n) is 4.37. The first-order valence-electron chi connectivity index (χ1n) is 8.54. The van der Waals surface area contributed by atoms with E-state index in [0.29, 0.717) is 16.9 Å². The van der Waals surface area contributed by atoms with Crippen LogP contribution in [0.1, 0.15) is 25.3 Å². The van der Waals surface area contributed by atoms with E-state index in [2.05, 4.69) is 5.32 Å². The molecule has 0 aromatic heterocycles. The van der Waals surface area contributed by atoms with Gasteiger partial charge in [0.05, 0.1) is 5.25 Å². The van der Waals surface area contributed by atoms with Crippen LogP contribution in [-0.4, -0.2) is 34.7 Å². The summed E-state index contributed by atoms with van der Waals surface area (Å²) in [5.74, 6) is -1.88. The average molecular weight is 384 g/mol. The Morgan fingerprint density at radius 1 is 1.15 bits per heavy atom. The number of hydrogen-bond acceptors (Lipinski definition) is 4. The minimum Gasteiger partial charge on any atom is -0.481 e. The van der Waals surface area contributed by atoms with Crippen molar-refractivity contribution in [3.63, 3.8) is 0 Å². The van der Waals surface area contributed by atoms with E-state index in [1.54, 1.807) is 35.2 Å². The van der Waals surface area contributed by atoms with Gasteiger partial charge in [-0.2, -0.15) is 0 Å². The van der Waals surface area contributed by atoms with Gasteiger partial charge in [-0.25, -0.2) is 0 Å². The number of carbonyl (C=O) groups is 3. The van der Waals surface area contributed by atoms with Crippen LogP contribution in [0, 0.1) is 0 Å². The number of anilines is 2. The number of aliphatic carboxylic acids is 1. The normalized spacial score (nSPS) is 16.5. The van der Waals surface area contributed by atoms with Gasteiger partial charge in [0, 0.05) is 29.7 Å². The minimum absolute atomic E-state index is 0.123.